The van der Waals surface area contributed by atoms with Crippen LogP contribution in [0.1, 0.15) is 45.7 Å². The van der Waals surface area contributed by atoms with Crippen LogP contribution in [0, 0.1) is 23.1 Å². The van der Waals surface area contributed by atoms with E-state index >= 15 is 0 Å². The molecule has 0 spiro atoms. The molecule has 0 amide bonds. The summed E-state index contributed by atoms with van der Waals surface area (Å²) in [4.78, 5) is 2.07. The van der Waals surface area contributed by atoms with Crippen LogP contribution in [-0.4, -0.2) is 23.6 Å². The van der Waals surface area contributed by atoms with Crippen LogP contribution < -0.4 is 0 Å². The third-order valence-electron chi connectivity index (χ3n) is 3.18. The summed E-state index contributed by atoms with van der Waals surface area (Å²) in [7, 11) is 1.97. The van der Waals surface area contributed by atoms with Crippen molar-refractivity contribution >= 4 is 0 Å². The van der Waals surface area contributed by atoms with Gasteiger partial charge in [-0.15, -0.1) is 0 Å². The second kappa shape index (κ2) is 7.77. The lowest BCUT2D eigenvalue weighted by Gasteiger charge is -2.20. The van der Waals surface area contributed by atoms with E-state index in [1.807, 2.05) is 25.3 Å². The van der Waals surface area contributed by atoms with Crippen molar-refractivity contribution in [1.82, 2.24) is 4.90 Å². The van der Waals surface area contributed by atoms with Crippen LogP contribution in [0.15, 0.2) is 30.4 Å². The largest absolute Gasteiger partial charge is 0.386 e. The lowest BCUT2D eigenvalue weighted by atomic mass is 9.96. The van der Waals surface area contributed by atoms with Gasteiger partial charge in [0.25, 0.3) is 0 Å². The Labute approximate surface area is 140 Å². The molecule has 0 aliphatic rings. The maximum absolute atomic E-state index is 13.7. The molecule has 0 aliphatic heterocycles. The lowest BCUT2D eigenvalue weighted by Crippen LogP contribution is -2.20. The van der Waals surface area contributed by atoms with Crippen LogP contribution in [-0.2, 0) is 12.1 Å². The van der Waals surface area contributed by atoms with Gasteiger partial charge in [0, 0.05) is 18.5 Å². The average molecular weight is 317 g/mol. The van der Waals surface area contributed by atoms with Gasteiger partial charge < -0.3 is 5.11 Å². The Morgan fingerprint density at radius 1 is 1.17 bits per heavy atom. The topological polar surface area (TPSA) is 23.5 Å². The van der Waals surface area contributed by atoms with Crippen molar-refractivity contribution < 1.29 is 9.50 Å². The monoisotopic (exact) mass is 317 g/mol. The lowest BCUT2D eigenvalue weighted by molar-refractivity contribution is 0.0781. The van der Waals surface area contributed by atoms with Crippen molar-refractivity contribution in [3.05, 3.63) is 47.3 Å². The first kappa shape index (κ1) is 19.4. The van der Waals surface area contributed by atoms with Crippen LogP contribution in [0.2, 0.25) is 0 Å². The Kier molecular flexibility index (Phi) is 6.56. The number of likely N-dealkylation sites (N-methyl/N-ethyl adjacent to an activating group) is 1. The zero-order valence-electron chi connectivity index (χ0n) is 15.1. The van der Waals surface area contributed by atoms with Crippen LogP contribution in [0.25, 0.3) is 0 Å². The summed E-state index contributed by atoms with van der Waals surface area (Å²) in [6.45, 7) is 10.9. The molecular weight excluding hydrogens is 289 g/mol. The van der Waals surface area contributed by atoms with Crippen LogP contribution in [0.3, 0.4) is 0 Å². The third kappa shape index (κ3) is 7.97. The van der Waals surface area contributed by atoms with E-state index in [0.717, 1.165) is 12.1 Å². The summed E-state index contributed by atoms with van der Waals surface area (Å²) in [5.74, 6) is 5.86. The normalized spacial score (nSPS) is 12.6. The number of aliphatic hydroxyl groups is 1. The fourth-order valence-electron chi connectivity index (χ4n) is 2.02. The van der Waals surface area contributed by atoms with Crippen molar-refractivity contribution in [1.29, 1.82) is 0 Å². The molecule has 0 fully saturated rings. The summed E-state index contributed by atoms with van der Waals surface area (Å²) >= 11 is 0. The maximum atomic E-state index is 13.7. The summed E-state index contributed by atoms with van der Waals surface area (Å²) < 4.78 is 13.7. The second-order valence-corrected chi connectivity index (χ2v) is 7.53. The number of rotatable bonds is 5. The van der Waals surface area contributed by atoms with Crippen molar-refractivity contribution in [2.45, 2.75) is 46.8 Å². The Morgan fingerprint density at radius 2 is 1.83 bits per heavy atom. The van der Waals surface area contributed by atoms with Gasteiger partial charge in [0.1, 0.15) is 5.82 Å². The number of nitrogens with zero attached hydrogens (tertiary/aromatic N) is 1. The van der Waals surface area contributed by atoms with Gasteiger partial charge in [-0.1, -0.05) is 24.0 Å². The highest BCUT2D eigenvalue weighted by atomic mass is 19.1. The maximum Gasteiger partial charge on any atom is 0.123 e. The van der Waals surface area contributed by atoms with E-state index in [4.69, 9.17) is 0 Å². The average Bonchev–Trinajstić information content (AvgIpc) is 2.35. The first-order valence-corrected chi connectivity index (χ1v) is 7.86. The first-order valence-electron chi connectivity index (χ1n) is 7.86. The standard InChI is InChI=1S/C20H28FNO/c1-19(2,3)10-8-7-9-11-22(6)15-16-12-17(20(4,5)23)14-18(21)13-16/h7,9,12-14,23H,11,15H2,1-6H3/b9-7+. The molecule has 3 heteroatoms. The van der Waals surface area contributed by atoms with E-state index < -0.39 is 5.60 Å². The number of hydrogen-bond donors (Lipinski definition) is 1. The minimum absolute atomic E-state index is 0.00526. The number of hydrogen-bond acceptors (Lipinski definition) is 2. The van der Waals surface area contributed by atoms with Gasteiger partial charge in [0.05, 0.1) is 5.60 Å². The second-order valence-electron chi connectivity index (χ2n) is 7.53. The molecule has 2 nitrogen and oxygen atoms in total. The number of halogens is 1. The summed E-state index contributed by atoms with van der Waals surface area (Å²) in [5.41, 5.74) is 0.398. The fraction of sp³-hybridized carbons (Fsp3) is 0.500. The highest BCUT2D eigenvalue weighted by molar-refractivity contribution is 5.28. The Morgan fingerprint density at radius 3 is 2.39 bits per heavy atom. The summed E-state index contributed by atoms with van der Waals surface area (Å²) in [6, 6.07) is 4.74. The Balaban J connectivity index is 2.67. The molecule has 0 aromatic heterocycles. The molecule has 0 saturated heterocycles. The SMILES string of the molecule is CN(C/C=C/C#CC(C)(C)C)Cc1cc(F)cc(C(C)(C)O)c1. The smallest absolute Gasteiger partial charge is 0.123 e. The molecular formula is C20H28FNO. The van der Waals surface area contributed by atoms with E-state index in [9.17, 15) is 9.50 Å². The first-order chi connectivity index (χ1) is 10.5. The molecule has 0 heterocycles. The van der Waals surface area contributed by atoms with Crippen molar-refractivity contribution in [2.75, 3.05) is 13.6 Å². The predicted molar refractivity (Wildman–Crippen MR) is 94.3 cm³/mol. The molecule has 1 N–H and O–H groups in total. The van der Waals surface area contributed by atoms with Crippen molar-refractivity contribution in [2.24, 2.45) is 5.41 Å². The van der Waals surface area contributed by atoms with Gasteiger partial charge in [-0.25, -0.2) is 4.39 Å². The van der Waals surface area contributed by atoms with Crippen molar-refractivity contribution in [3.63, 3.8) is 0 Å². The highest BCUT2D eigenvalue weighted by Crippen LogP contribution is 2.22. The predicted octanol–water partition coefficient (Wildman–Crippen LogP) is 4.09. The van der Waals surface area contributed by atoms with E-state index in [2.05, 4.69) is 37.5 Å². The summed E-state index contributed by atoms with van der Waals surface area (Å²) in [5, 5.41) is 10.0. The molecule has 0 radical (unpaired) electrons. The number of benzene rings is 1. The zero-order chi connectivity index (χ0) is 17.7. The van der Waals surface area contributed by atoms with E-state index in [0.29, 0.717) is 12.1 Å². The molecule has 1 rings (SSSR count). The molecule has 0 atom stereocenters. The third-order valence-corrected chi connectivity index (χ3v) is 3.18. The molecule has 0 aliphatic carbocycles. The van der Waals surface area contributed by atoms with E-state index in [1.165, 1.54) is 12.1 Å². The van der Waals surface area contributed by atoms with Crippen LogP contribution in [0.4, 0.5) is 4.39 Å². The molecule has 1 aromatic rings. The van der Waals surface area contributed by atoms with Gasteiger partial charge in [-0.2, -0.15) is 0 Å². The van der Waals surface area contributed by atoms with E-state index in [-0.39, 0.29) is 11.2 Å². The molecule has 126 valence electrons. The van der Waals surface area contributed by atoms with E-state index in [1.54, 1.807) is 13.8 Å². The molecule has 23 heavy (non-hydrogen) atoms. The summed E-state index contributed by atoms with van der Waals surface area (Å²) in [6.07, 6.45) is 3.85. The van der Waals surface area contributed by atoms with Gasteiger partial charge >= 0.3 is 0 Å². The molecule has 0 saturated carbocycles. The van der Waals surface area contributed by atoms with Crippen LogP contribution in [0.5, 0.6) is 0 Å². The van der Waals surface area contributed by atoms with Crippen molar-refractivity contribution in [3.8, 4) is 11.8 Å². The van der Waals surface area contributed by atoms with Crippen LogP contribution >= 0.6 is 0 Å². The highest BCUT2D eigenvalue weighted by Gasteiger charge is 2.17. The molecule has 0 bridgehead atoms. The zero-order valence-corrected chi connectivity index (χ0v) is 15.1. The number of allylic oxidation sites excluding steroid dienone is 1. The fourth-order valence-corrected chi connectivity index (χ4v) is 2.02. The quantitative estimate of drug-likeness (QED) is 0.827. The van der Waals surface area contributed by atoms with Gasteiger partial charge in [-0.3, -0.25) is 4.90 Å². The molecule has 0 unspecified atom stereocenters. The Hall–Kier alpha value is -1.63. The minimum atomic E-state index is -1.04. The minimum Gasteiger partial charge on any atom is -0.386 e. The Bertz CT molecular complexity index is 609. The van der Waals surface area contributed by atoms with Gasteiger partial charge in [0.15, 0.2) is 0 Å². The van der Waals surface area contributed by atoms with Gasteiger partial charge in [0.2, 0.25) is 0 Å². The molecule has 1 aromatic carbocycles. The van der Waals surface area contributed by atoms with Gasteiger partial charge in [-0.05, 0) is 71.0 Å².